The second kappa shape index (κ2) is 9.00. The van der Waals surface area contributed by atoms with Crippen molar-refractivity contribution in [2.45, 2.75) is 19.0 Å². The second-order valence-corrected chi connectivity index (χ2v) is 6.37. The summed E-state index contributed by atoms with van der Waals surface area (Å²) in [6, 6.07) is 31.3. The molecular formula is C22H22N2S. The van der Waals surface area contributed by atoms with Crippen molar-refractivity contribution in [3.63, 3.8) is 0 Å². The number of thiocarbonyl (C=S) groups is 1. The van der Waals surface area contributed by atoms with Gasteiger partial charge in [-0.15, -0.1) is 0 Å². The van der Waals surface area contributed by atoms with E-state index in [2.05, 4.69) is 71.3 Å². The van der Waals surface area contributed by atoms with E-state index < -0.39 is 0 Å². The topological polar surface area (TPSA) is 24.1 Å². The third kappa shape index (κ3) is 5.44. The quantitative estimate of drug-likeness (QED) is 0.636. The molecule has 0 amide bonds. The molecule has 126 valence electrons. The molecule has 0 fully saturated rings. The minimum Gasteiger partial charge on any atom is -0.359 e. The lowest BCUT2D eigenvalue weighted by Crippen LogP contribution is -2.38. The van der Waals surface area contributed by atoms with Crippen LogP contribution in [0.1, 0.15) is 22.7 Å². The monoisotopic (exact) mass is 346 g/mol. The first kappa shape index (κ1) is 17.2. The van der Waals surface area contributed by atoms with Crippen LogP contribution in [0.15, 0.2) is 91.0 Å². The van der Waals surface area contributed by atoms with Crippen molar-refractivity contribution in [3.8, 4) is 0 Å². The van der Waals surface area contributed by atoms with Gasteiger partial charge in [-0.25, -0.2) is 0 Å². The summed E-state index contributed by atoms with van der Waals surface area (Å²) in [5, 5.41) is 7.45. The summed E-state index contributed by atoms with van der Waals surface area (Å²) in [5.74, 6) is 0. The van der Waals surface area contributed by atoms with Gasteiger partial charge in [-0.3, -0.25) is 0 Å². The van der Waals surface area contributed by atoms with Gasteiger partial charge in [0.2, 0.25) is 0 Å². The van der Waals surface area contributed by atoms with Crippen LogP contribution in [-0.4, -0.2) is 5.11 Å². The normalized spacial score (nSPS) is 11.5. The maximum Gasteiger partial charge on any atom is 0.167 e. The third-order valence-corrected chi connectivity index (χ3v) is 4.35. The average Bonchev–Trinajstić information content (AvgIpc) is 2.68. The molecule has 0 aliphatic heterocycles. The summed E-state index contributed by atoms with van der Waals surface area (Å²) < 4.78 is 0. The smallest absolute Gasteiger partial charge is 0.167 e. The van der Waals surface area contributed by atoms with Crippen LogP contribution < -0.4 is 10.6 Å². The van der Waals surface area contributed by atoms with Crippen molar-refractivity contribution in [3.05, 3.63) is 108 Å². The van der Waals surface area contributed by atoms with E-state index in [1.807, 2.05) is 30.3 Å². The summed E-state index contributed by atoms with van der Waals surface area (Å²) >= 11 is 5.52. The Balaban J connectivity index is 1.66. The molecule has 3 aromatic rings. The van der Waals surface area contributed by atoms with Crippen LogP contribution in [0.3, 0.4) is 0 Å². The predicted molar refractivity (Wildman–Crippen MR) is 108 cm³/mol. The molecule has 0 saturated heterocycles. The minimum absolute atomic E-state index is 0.138. The lowest BCUT2D eigenvalue weighted by molar-refractivity contribution is 0.633. The van der Waals surface area contributed by atoms with E-state index in [1.165, 1.54) is 16.7 Å². The van der Waals surface area contributed by atoms with E-state index in [-0.39, 0.29) is 6.04 Å². The van der Waals surface area contributed by atoms with Crippen LogP contribution in [0, 0.1) is 0 Å². The molecule has 0 heterocycles. The standard InChI is InChI=1S/C22H22N2S/c25-22(23-17-19-12-6-2-7-13-19)24-21(20-14-8-3-9-15-20)16-18-10-4-1-5-11-18/h1-15,21H,16-17H2,(H2,23,24,25)/t21-/m0/s1. The van der Waals surface area contributed by atoms with Gasteiger partial charge in [0.1, 0.15) is 0 Å². The second-order valence-electron chi connectivity index (χ2n) is 5.97. The van der Waals surface area contributed by atoms with E-state index in [0.29, 0.717) is 5.11 Å². The maximum absolute atomic E-state index is 5.52. The maximum atomic E-state index is 5.52. The summed E-state index contributed by atoms with van der Waals surface area (Å²) in [7, 11) is 0. The highest BCUT2D eigenvalue weighted by molar-refractivity contribution is 7.80. The fourth-order valence-corrected chi connectivity index (χ4v) is 2.99. The summed E-state index contributed by atoms with van der Waals surface area (Å²) in [4.78, 5) is 0. The summed E-state index contributed by atoms with van der Waals surface area (Å²) in [6.45, 7) is 0.722. The molecule has 0 aliphatic rings. The van der Waals surface area contributed by atoms with E-state index in [4.69, 9.17) is 12.2 Å². The molecule has 3 heteroatoms. The number of hydrogen-bond acceptors (Lipinski definition) is 1. The van der Waals surface area contributed by atoms with Crippen molar-refractivity contribution in [2.75, 3.05) is 0 Å². The molecule has 0 saturated carbocycles. The molecule has 0 bridgehead atoms. The predicted octanol–water partition coefficient (Wildman–Crippen LogP) is 4.63. The molecule has 2 nitrogen and oxygen atoms in total. The van der Waals surface area contributed by atoms with Crippen molar-refractivity contribution < 1.29 is 0 Å². The Morgan fingerprint density at radius 1 is 0.720 bits per heavy atom. The van der Waals surface area contributed by atoms with Gasteiger partial charge in [-0.05, 0) is 35.3 Å². The van der Waals surface area contributed by atoms with Gasteiger partial charge in [0.05, 0.1) is 6.04 Å². The Morgan fingerprint density at radius 3 is 1.84 bits per heavy atom. The Labute approximate surface area is 154 Å². The first-order chi connectivity index (χ1) is 12.3. The van der Waals surface area contributed by atoms with Gasteiger partial charge in [0, 0.05) is 6.54 Å². The van der Waals surface area contributed by atoms with Crippen molar-refractivity contribution in [1.29, 1.82) is 0 Å². The number of nitrogens with one attached hydrogen (secondary N) is 2. The van der Waals surface area contributed by atoms with Gasteiger partial charge in [0.25, 0.3) is 0 Å². The molecule has 1 atom stereocenters. The van der Waals surface area contributed by atoms with Crippen LogP contribution in [-0.2, 0) is 13.0 Å². The van der Waals surface area contributed by atoms with Gasteiger partial charge in [-0.1, -0.05) is 91.0 Å². The van der Waals surface area contributed by atoms with Crippen LogP contribution in [0.2, 0.25) is 0 Å². The molecule has 0 spiro atoms. The average molecular weight is 346 g/mol. The summed E-state index contributed by atoms with van der Waals surface area (Å²) in [5.41, 5.74) is 3.73. The van der Waals surface area contributed by atoms with E-state index >= 15 is 0 Å². The molecule has 3 aromatic carbocycles. The van der Waals surface area contributed by atoms with E-state index in [1.54, 1.807) is 0 Å². The molecule has 3 rings (SSSR count). The van der Waals surface area contributed by atoms with Gasteiger partial charge < -0.3 is 10.6 Å². The summed E-state index contributed by atoms with van der Waals surface area (Å²) in [6.07, 6.45) is 0.887. The zero-order chi connectivity index (χ0) is 17.3. The van der Waals surface area contributed by atoms with Crippen molar-refractivity contribution >= 4 is 17.3 Å². The molecule has 0 aliphatic carbocycles. The Hall–Kier alpha value is -2.65. The van der Waals surface area contributed by atoms with Crippen molar-refractivity contribution in [1.82, 2.24) is 10.6 Å². The van der Waals surface area contributed by atoms with Crippen LogP contribution in [0.4, 0.5) is 0 Å². The zero-order valence-electron chi connectivity index (χ0n) is 14.1. The SMILES string of the molecule is S=C(NCc1ccccc1)N[C@@H](Cc1ccccc1)c1ccccc1. The molecule has 2 N–H and O–H groups in total. The van der Waals surface area contributed by atoms with Crippen LogP contribution >= 0.6 is 12.2 Å². The molecule has 0 radical (unpaired) electrons. The Morgan fingerprint density at radius 2 is 1.24 bits per heavy atom. The molecule has 0 unspecified atom stereocenters. The Kier molecular flexibility index (Phi) is 6.18. The highest BCUT2D eigenvalue weighted by Crippen LogP contribution is 2.18. The highest BCUT2D eigenvalue weighted by atomic mass is 32.1. The van der Waals surface area contributed by atoms with Gasteiger partial charge in [-0.2, -0.15) is 0 Å². The first-order valence-electron chi connectivity index (χ1n) is 8.48. The largest absolute Gasteiger partial charge is 0.359 e. The van der Waals surface area contributed by atoms with Crippen LogP contribution in [0.5, 0.6) is 0 Å². The minimum atomic E-state index is 0.138. The molecular weight excluding hydrogens is 324 g/mol. The number of benzene rings is 3. The lowest BCUT2D eigenvalue weighted by Gasteiger charge is -2.22. The Bertz CT molecular complexity index is 773. The number of hydrogen-bond donors (Lipinski definition) is 2. The fourth-order valence-electron chi connectivity index (χ4n) is 2.77. The van der Waals surface area contributed by atoms with E-state index in [9.17, 15) is 0 Å². The lowest BCUT2D eigenvalue weighted by atomic mass is 9.99. The molecule has 25 heavy (non-hydrogen) atoms. The van der Waals surface area contributed by atoms with Crippen LogP contribution in [0.25, 0.3) is 0 Å². The van der Waals surface area contributed by atoms with Gasteiger partial charge >= 0.3 is 0 Å². The fraction of sp³-hybridized carbons (Fsp3) is 0.136. The first-order valence-corrected chi connectivity index (χ1v) is 8.89. The third-order valence-electron chi connectivity index (χ3n) is 4.09. The van der Waals surface area contributed by atoms with Crippen molar-refractivity contribution in [2.24, 2.45) is 0 Å². The number of rotatable bonds is 6. The highest BCUT2D eigenvalue weighted by Gasteiger charge is 2.13. The van der Waals surface area contributed by atoms with E-state index in [0.717, 1.165) is 13.0 Å². The zero-order valence-corrected chi connectivity index (χ0v) is 14.9. The molecule has 0 aromatic heterocycles. The van der Waals surface area contributed by atoms with Gasteiger partial charge in [0.15, 0.2) is 5.11 Å².